The smallest absolute Gasteiger partial charge is 0.261 e. The molecule has 2 heterocycles. The number of hydrogen-bond donors (Lipinski definition) is 0. The minimum atomic E-state index is 0.00345. The maximum Gasteiger partial charge on any atom is 0.261 e. The van der Waals surface area contributed by atoms with Crippen LogP contribution in [0.5, 0.6) is 0 Å². The summed E-state index contributed by atoms with van der Waals surface area (Å²) in [6.45, 7) is 1.49. The van der Waals surface area contributed by atoms with Crippen LogP contribution in [0.4, 0.5) is 0 Å². The molecule has 0 saturated heterocycles. The van der Waals surface area contributed by atoms with Crippen molar-refractivity contribution in [3.05, 3.63) is 70.5 Å². The van der Waals surface area contributed by atoms with E-state index >= 15 is 0 Å². The third kappa shape index (κ3) is 3.46. The van der Waals surface area contributed by atoms with E-state index in [1.807, 2.05) is 55.7 Å². The van der Waals surface area contributed by atoms with Gasteiger partial charge in [-0.25, -0.2) is 4.98 Å². The Hall–Kier alpha value is -2.53. The quantitative estimate of drug-likeness (QED) is 0.723. The lowest BCUT2D eigenvalue weighted by molar-refractivity contribution is 0.316. The summed E-state index contributed by atoms with van der Waals surface area (Å²) in [7, 11) is 3.81. The second-order valence-electron chi connectivity index (χ2n) is 5.72. The van der Waals surface area contributed by atoms with Gasteiger partial charge in [0.05, 0.1) is 17.4 Å². The summed E-state index contributed by atoms with van der Waals surface area (Å²) in [6.07, 6.45) is 2.68. The topological polar surface area (TPSA) is 51.0 Å². The Kier molecular flexibility index (Phi) is 4.48. The van der Waals surface area contributed by atoms with Crippen molar-refractivity contribution < 1.29 is 0 Å². The summed E-state index contributed by atoms with van der Waals surface area (Å²) in [6, 6.07) is 13.4. The van der Waals surface area contributed by atoms with Gasteiger partial charge in [0.1, 0.15) is 5.82 Å². The molecule has 1 aromatic carbocycles. The Morgan fingerprint density at radius 3 is 2.70 bits per heavy atom. The molecule has 0 unspecified atom stereocenters. The van der Waals surface area contributed by atoms with Crippen LogP contribution in [0.2, 0.25) is 0 Å². The van der Waals surface area contributed by atoms with Crippen LogP contribution in [0.3, 0.4) is 0 Å². The van der Waals surface area contributed by atoms with Crippen LogP contribution in [0.25, 0.3) is 10.9 Å². The molecule has 0 atom stereocenters. The molecule has 0 bridgehead atoms. The molecule has 23 heavy (non-hydrogen) atoms. The fraction of sp³-hybridized carbons (Fsp3) is 0.278. The number of rotatable bonds is 5. The molecule has 2 aromatic heterocycles. The summed E-state index contributed by atoms with van der Waals surface area (Å²) >= 11 is 0. The average Bonchev–Trinajstić information content (AvgIpc) is 2.58. The van der Waals surface area contributed by atoms with E-state index in [0.717, 1.165) is 30.0 Å². The predicted molar refractivity (Wildman–Crippen MR) is 91.3 cm³/mol. The zero-order valence-electron chi connectivity index (χ0n) is 13.4. The molecule has 0 saturated carbocycles. The lowest BCUT2D eigenvalue weighted by atomic mass is 10.2. The summed E-state index contributed by atoms with van der Waals surface area (Å²) in [5, 5.41) is 0.662. The first-order valence-electron chi connectivity index (χ1n) is 7.68. The Bertz CT molecular complexity index is 858. The van der Waals surface area contributed by atoms with E-state index in [9.17, 15) is 4.79 Å². The number of pyridine rings is 1. The molecule has 0 amide bonds. The molecule has 5 heteroatoms. The second-order valence-corrected chi connectivity index (χ2v) is 5.72. The van der Waals surface area contributed by atoms with Crippen LogP contribution in [0.15, 0.2) is 53.5 Å². The van der Waals surface area contributed by atoms with E-state index in [1.54, 1.807) is 11.6 Å². The van der Waals surface area contributed by atoms with Crippen molar-refractivity contribution in [2.45, 2.75) is 13.0 Å². The van der Waals surface area contributed by atoms with Crippen molar-refractivity contribution in [1.29, 1.82) is 0 Å². The first-order valence-corrected chi connectivity index (χ1v) is 7.68. The highest BCUT2D eigenvalue weighted by Crippen LogP contribution is 2.08. The predicted octanol–water partition coefficient (Wildman–Crippen LogP) is 2.00. The number of aromatic nitrogens is 3. The lowest BCUT2D eigenvalue weighted by Gasteiger charge is -2.18. The number of fused-ring (bicyclic) bond motifs is 1. The Morgan fingerprint density at radius 1 is 1.13 bits per heavy atom. The first-order chi connectivity index (χ1) is 11.1. The summed E-state index contributed by atoms with van der Waals surface area (Å²) in [5.41, 5.74) is 1.83. The molecule has 0 radical (unpaired) electrons. The van der Waals surface area contributed by atoms with Gasteiger partial charge >= 0.3 is 0 Å². The van der Waals surface area contributed by atoms with Crippen LogP contribution < -0.4 is 5.56 Å². The van der Waals surface area contributed by atoms with Gasteiger partial charge < -0.3 is 0 Å². The third-order valence-electron chi connectivity index (χ3n) is 3.96. The summed E-state index contributed by atoms with van der Waals surface area (Å²) < 4.78 is 1.64. The van der Waals surface area contributed by atoms with Crippen molar-refractivity contribution in [2.24, 2.45) is 7.05 Å². The van der Waals surface area contributed by atoms with E-state index in [2.05, 4.69) is 14.9 Å². The van der Waals surface area contributed by atoms with Crippen LogP contribution in [0, 0.1) is 0 Å². The molecular weight excluding hydrogens is 288 g/mol. The second kappa shape index (κ2) is 6.71. The Labute approximate surface area is 135 Å². The van der Waals surface area contributed by atoms with Crippen molar-refractivity contribution in [3.63, 3.8) is 0 Å². The highest BCUT2D eigenvalue weighted by Gasteiger charge is 2.10. The molecule has 118 valence electrons. The molecule has 0 aliphatic heterocycles. The fourth-order valence-electron chi connectivity index (χ4n) is 2.58. The molecule has 3 rings (SSSR count). The average molecular weight is 308 g/mol. The summed E-state index contributed by atoms with van der Waals surface area (Å²) in [5.74, 6) is 0.775. The lowest BCUT2D eigenvalue weighted by Crippen LogP contribution is -2.28. The van der Waals surface area contributed by atoms with Crippen molar-refractivity contribution in [2.75, 3.05) is 13.6 Å². The number of likely N-dealkylation sites (N-methyl/N-ethyl adjacent to an activating group) is 1. The minimum absolute atomic E-state index is 0.00345. The Balaban J connectivity index is 1.76. The molecule has 0 fully saturated rings. The normalized spacial score (nSPS) is 11.3. The van der Waals surface area contributed by atoms with Crippen LogP contribution in [-0.2, 0) is 20.0 Å². The van der Waals surface area contributed by atoms with Gasteiger partial charge in [-0.2, -0.15) is 0 Å². The van der Waals surface area contributed by atoms with Crippen LogP contribution >= 0.6 is 0 Å². The van der Waals surface area contributed by atoms with Gasteiger partial charge in [0.15, 0.2) is 0 Å². The molecule has 0 aliphatic carbocycles. The maximum atomic E-state index is 12.4. The van der Waals surface area contributed by atoms with Gasteiger partial charge in [-0.15, -0.1) is 0 Å². The van der Waals surface area contributed by atoms with Crippen LogP contribution in [-0.4, -0.2) is 33.0 Å². The van der Waals surface area contributed by atoms with Gasteiger partial charge in [-0.3, -0.25) is 19.2 Å². The van der Waals surface area contributed by atoms with E-state index < -0.39 is 0 Å². The van der Waals surface area contributed by atoms with Crippen LogP contribution in [0.1, 0.15) is 11.5 Å². The van der Waals surface area contributed by atoms with Gasteiger partial charge in [0.25, 0.3) is 5.56 Å². The minimum Gasteiger partial charge on any atom is -0.299 e. The van der Waals surface area contributed by atoms with Gasteiger partial charge in [-0.05, 0) is 31.3 Å². The van der Waals surface area contributed by atoms with Gasteiger partial charge in [0, 0.05) is 31.9 Å². The van der Waals surface area contributed by atoms with Crippen molar-refractivity contribution >= 4 is 10.9 Å². The number of para-hydroxylation sites is 1. The van der Waals surface area contributed by atoms with Gasteiger partial charge in [-0.1, -0.05) is 18.2 Å². The fourth-order valence-corrected chi connectivity index (χ4v) is 2.58. The molecular formula is C18H20N4O. The standard InChI is InChI=1S/C18H20N4O/c1-21(12-10-14-7-5-6-11-19-14)13-17-20-16-9-4-3-8-15(16)18(23)22(17)2/h3-9,11H,10,12-13H2,1-2H3. The molecule has 5 nitrogen and oxygen atoms in total. The highest BCUT2D eigenvalue weighted by molar-refractivity contribution is 5.77. The van der Waals surface area contributed by atoms with Gasteiger partial charge in [0.2, 0.25) is 0 Å². The van der Waals surface area contributed by atoms with E-state index in [4.69, 9.17) is 0 Å². The van der Waals surface area contributed by atoms with E-state index in [1.165, 1.54) is 0 Å². The number of nitrogens with zero attached hydrogens (tertiary/aromatic N) is 4. The van der Waals surface area contributed by atoms with E-state index in [-0.39, 0.29) is 5.56 Å². The zero-order valence-corrected chi connectivity index (χ0v) is 13.4. The maximum absolute atomic E-state index is 12.4. The highest BCUT2D eigenvalue weighted by atomic mass is 16.1. The monoisotopic (exact) mass is 308 g/mol. The summed E-state index contributed by atoms with van der Waals surface area (Å²) in [4.78, 5) is 23.5. The largest absolute Gasteiger partial charge is 0.299 e. The number of benzene rings is 1. The Morgan fingerprint density at radius 2 is 1.91 bits per heavy atom. The van der Waals surface area contributed by atoms with Crippen molar-refractivity contribution in [3.8, 4) is 0 Å². The molecule has 0 N–H and O–H groups in total. The molecule has 0 aliphatic rings. The van der Waals surface area contributed by atoms with E-state index in [0.29, 0.717) is 11.9 Å². The van der Waals surface area contributed by atoms with Crippen molar-refractivity contribution in [1.82, 2.24) is 19.4 Å². The third-order valence-corrected chi connectivity index (χ3v) is 3.96. The zero-order chi connectivity index (χ0) is 16.2. The number of hydrogen-bond acceptors (Lipinski definition) is 4. The molecule has 3 aromatic rings. The molecule has 0 spiro atoms. The first kappa shape index (κ1) is 15.4. The SMILES string of the molecule is CN(CCc1ccccn1)Cc1nc2ccccc2c(=O)n1C.